The fourth-order valence-corrected chi connectivity index (χ4v) is 3.93. The second kappa shape index (κ2) is 8.40. The third-order valence-corrected chi connectivity index (χ3v) is 5.76. The Morgan fingerprint density at radius 2 is 1.66 bits per heavy atom. The molecule has 3 aromatic rings. The van der Waals surface area contributed by atoms with E-state index in [0.717, 1.165) is 16.4 Å². The van der Waals surface area contributed by atoms with Gasteiger partial charge in [0.15, 0.2) is 5.82 Å². The minimum absolute atomic E-state index is 0.0415. The highest BCUT2D eigenvalue weighted by atomic mass is 32.1. The van der Waals surface area contributed by atoms with Gasteiger partial charge in [-0.1, -0.05) is 6.07 Å². The zero-order valence-electron chi connectivity index (χ0n) is 15.9. The standard InChI is InChI=1S/C21H20N4O3S/c1-28-21(27)16-6-4-15(5-7-16)20(26)25-12-10-24(11-13-25)19-9-8-17(22-23-19)18-3-2-14-29-18/h2-9,14H,10-13H2,1H3. The molecule has 0 atom stereocenters. The lowest BCUT2D eigenvalue weighted by Crippen LogP contribution is -2.49. The van der Waals surface area contributed by atoms with Crippen molar-refractivity contribution in [2.75, 3.05) is 38.2 Å². The van der Waals surface area contributed by atoms with E-state index in [9.17, 15) is 9.59 Å². The van der Waals surface area contributed by atoms with Gasteiger partial charge in [0, 0.05) is 31.7 Å². The second-order valence-corrected chi connectivity index (χ2v) is 7.55. The fourth-order valence-electron chi connectivity index (χ4n) is 3.24. The Hall–Kier alpha value is -3.26. The molecule has 4 rings (SSSR count). The lowest BCUT2D eigenvalue weighted by Gasteiger charge is -2.35. The molecular weight excluding hydrogens is 388 g/mol. The zero-order chi connectivity index (χ0) is 20.2. The number of carbonyl (C=O) groups is 2. The lowest BCUT2D eigenvalue weighted by atomic mass is 10.1. The molecular formula is C21H20N4O3S. The normalized spacial score (nSPS) is 14.0. The van der Waals surface area contributed by atoms with Gasteiger partial charge in [-0.25, -0.2) is 4.79 Å². The molecule has 0 saturated carbocycles. The van der Waals surface area contributed by atoms with Crippen LogP contribution in [0.15, 0.2) is 53.9 Å². The van der Waals surface area contributed by atoms with Crippen molar-refractivity contribution in [2.45, 2.75) is 0 Å². The fraction of sp³-hybridized carbons (Fsp3) is 0.238. The number of carbonyl (C=O) groups excluding carboxylic acids is 2. The van der Waals surface area contributed by atoms with Crippen LogP contribution in [0.1, 0.15) is 20.7 Å². The van der Waals surface area contributed by atoms with E-state index in [-0.39, 0.29) is 5.91 Å². The second-order valence-electron chi connectivity index (χ2n) is 6.60. The Kier molecular flexibility index (Phi) is 5.53. The molecule has 1 saturated heterocycles. The number of rotatable bonds is 4. The molecule has 1 aliphatic heterocycles. The average molecular weight is 408 g/mol. The van der Waals surface area contributed by atoms with Crippen LogP contribution < -0.4 is 4.90 Å². The van der Waals surface area contributed by atoms with Gasteiger partial charge >= 0.3 is 5.97 Å². The maximum absolute atomic E-state index is 12.7. The number of benzene rings is 1. The van der Waals surface area contributed by atoms with E-state index in [1.165, 1.54) is 7.11 Å². The van der Waals surface area contributed by atoms with Crippen LogP contribution in [0.4, 0.5) is 5.82 Å². The number of anilines is 1. The van der Waals surface area contributed by atoms with E-state index in [1.54, 1.807) is 35.6 Å². The van der Waals surface area contributed by atoms with Crippen molar-refractivity contribution >= 4 is 29.0 Å². The number of methoxy groups -OCH3 is 1. The summed E-state index contributed by atoms with van der Waals surface area (Å²) in [6, 6.07) is 14.5. The highest BCUT2D eigenvalue weighted by molar-refractivity contribution is 7.13. The molecule has 3 heterocycles. The van der Waals surface area contributed by atoms with Crippen molar-refractivity contribution < 1.29 is 14.3 Å². The van der Waals surface area contributed by atoms with Crippen molar-refractivity contribution in [2.24, 2.45) is 0 Å². The summed E-state index contributed by atoms with van der Waals surface area (Å²) in [6.45, 7) is 2.59. The molecule has 8 heteroatoms. The number of nitrogens with zero attached hydrogens (tertiary/aromatic N) is 4. The van der Waals surface area contributed by atoms with Crippen LogP contribution >= 0.6 is 11.3 Å². The van der Waals surface area contributed by atoms with Gasteiger partial charge in [0.05, 0.1) is 17.6 Å². The number of ether oxygens (including phenoxy) is 1. The van der Waals surface area contributed by atoms with E-state index >= 15 is 0 Å². The molecule has 1 amide bonds. The number of hydrogen-bond acceptors (Lipinski definition) is 7. The molecule has 0 unspecified atom stereocenters. The molecule has 0 aliphatic carbocycles. The highest BCUT2D eigenvalue weighted by Gasteiger charge is 2.23. The minimum Gasteiger partial charge on any atom is -0.465 e. The SMILES string of the molecule is COC(=O)c1ccc(C(=O)N2CCN(c3ccc(-c4cccs4)nn3)CC2)cc1. The van der Waals surface area contributed by atoms with Gasteiger partial charge in [0.1, 0.15) is 5.69 Å². The van der Waals surface area contributed by atoms with Crippen molar-refractivity contribution in [1.29, 1.82) is 0 Å². The summed E-state index contributed by atoms with van der Waals surface area (Å²) in [4.78, 5) is 29.3. The van der Waals surface area contributed by atoms with Crippen LogP contribution in [0.2, 0.25) is 0 Å². The van der Waals surface area contributed by atoms with Crippen LogP contribution in [0.3, 0.4) is 0 Å². The van der Waals surface area contributed by atoms with Crippen molar-refractivity contribution in [1.82, 2.24) is 15.1 Å². The van der Waals surface area contributed by atoms with Gasteiger partial charge in [-0.05, 0) is 47.8 Å². The highest BCUT2D eigenvalue weighted by Crippen LogP contribution is 2.23. The maximum atomic E-state index is 12.7. The average Bonchev–Trinajstić information content (AvgIpc) is 3.33. The van der Waals surface area contributed by atoms with Crippen molar-refractivity contribution in [3.05, 3.63) is 65.0 Å². The third kappa shape index (κ3) is 4.12. The van der Waals surface area contributed by atoms with Gasteiger partial charge in [-0.3, -0.25) is 4.79 Å². The molecule has 0 bridgehead atoms. The summed E-state index contributed by atoms with van der Waals surface area (Å²) in [6.07, 6.45) is 0. The summed E-state index contributed by atoms with van der Waals surface area (Å²) in [7, 11) is 1.33. The van der Waals surface area contributed by atoms with E-state index in [4.69, 9.17) is 0 Å². The Morgan fingerprint density at radius 3 is 2.24 bits per heavy atom. The van der Waals surface area contributed by atoms with E-state index in [2.05, 4.69) is 19.8 Å². The van der Waals surface area contributed by atoms with Crippen LogP contribution in [0.25, 0.3) is 10.6 Å². The molecule has 7 nitrogen and oxygen atoms in total. The van der Waals surface area contributed by atoms with Crippen molar-refractivity contribution in [3.8, 4) is 10.6 Å². The minimum atomic E-state index is -0.413. The summed E-state index contributed by atoms with van der Waals surface area (Å²) in [5.41, 5.74) is 1.86. The summed E-state index contributed by atoms with van der Waals surface area (Å²) in [5.74, 6) is 0.365. The smallest absolute Gasteiger partial charge is 0.337 e. The molecule has 2 aromatic heterocycles. The summed E-state index contributed by atoms with van der Waals surface area (Å²) in [5, 5.41) is 10.7. The number of amides is 1. The summed E-state index contributed by atoms with van der Waals surface area (Å²) < 4.78 is 4.68. The maximum Gasteiger partial charge on any atom is 0.337 e. The van der Waals surface area contributed by atoms with Gasteiger partial charge in [-0.15, -0.1) is 21.5 Å². The molecule has 0 N–H and O–H groups in total. The van der Waals surface area contributed by atoms with Crippen LogP contribution in [0, 0.1) is 0 Å². The largest absolute Gasteiger partial charge is 0.465 e. The van der Waals surface area contributed by atoms with Gasteiger partial charge in [0.25, 0.3) is 5.91 Å². The molecule has 29 heavy (non-hydrogen) atoms. The first-order valence-electron chi connectivity index (χ1n) is 9.26. The van der Waals surface area contributed by atoms with Gasteiger partial charge < -0.3 is 14.5 Å². The lowest BCUT2D eigenvalue weighted by molar-refractivity contribution is 0.0599. The molecule has 0 radical (unpaired) electrons. The van der Waals surface area contributed by atoms with E-state index in [0.29, 0.717) is 37.3 Å². The third-order valence-electron chi connectivity index (χ3n) is 4.87. The molecule has 0 spiro atoms. The Morgan fingerprint density at radius 1 is 0.931 bits per heavy atom. The first-order valence-corrected chi connectivity index (χ1v) is 10.1. The number of piperazine rings is 1. The monoisotopic (exact) mass is 408 g/mol. The van der Waals surface area contributed by atoms with Crippen LogP contribution in [-0.4, -0.2) is 60.3 Å². The van der Waals surface area contributed by atoms with Crippen LogP contribution in [-0.2, 0) is 4.74 Å². The first kappa shape index (κ1) is 19.1. The number of esters is 1. The topological polar surface area (TPSA) is 75.6 Å². The van der Waals surface area contributed by atoms with E-state index in [1.807, 2.05) is 34.5 Å². The zero-order valence-corrected chi connectivity index (χ0v) is 16.8. The van der Waals surface area contributed by atoms with Crippen molar-refractivity contribution in [3.63, 3.8) is 0 Å². The molecule has 1 aliphatic rings. The number of thiophene rings is 1. The predicted octanol–water partition coefficient (Wildman–Crippen LogP) is 2.95. The number of aromatic nitrogens is 2. The Balaban J connectivity index is 1.36. The number of hydrogen-bond donors (Lipinski definition) is 0. The van der Waals surface area contributed by atoms with Gasteiger partial charge in [0.2, 0.25) is 0 Å². The summed E-state index contributed by atoms with van der Waals surface area (Å²) >= 11 is 1.64. The first-order chi connectivity index (χ1) is 14.2. The van der Waals surface area contributed by atoms with Gasteiger partial charge in [-0.2, -0.15) is 0 Å². The molecule has 1 aromatic carbocycles. The molecule has 1 fully saturated rings. The predicted molar refractivity (Wildman–Crippen MR) is 111 cm³/mol. The quantitative estimate of drug-likeness (QED) is 0.618. The van der Waals surface area contributed by atoms with E-state index < -0.39 is 5.97 Å². The van der Waals surface area contributed by atoms with Crippen LogP contribution in [0.5, 0.6) is 0 Å². The Bertz CT molecular complexity index is 980. The Labute approximate surface area is 172 Å². The molecule has 148 valence electrons.